The summed E-state index contributed by atoms with van der Waals surface area (Å²) >= 11 is 2.59. The van der Waals surface area contributed by atoms with Gasteiger partial charge >= 0.3 is 0 Å². The van der Waals surface area contributed by atoms with Crippen LogP contribution in [0.2, 0.25) is 0 Å². The zero-order chi connectivity index (χ0) is 25.1. The van der Waals surface area contributed by atoms with Crippen molar-refractivity contribution in [3.05, 3.63) is 71.6 Å². The third-order valence-electron chi connectivity index (χ3n) is 6.15. The van der Waals surface area contributed by atoms with Crippen LogP contribution in [0.1, 0.15) is 31.7 Å². The number of carbonyl (C=O) groups excluding carboxylic acids is 1. The molecule has 188 valence electrons. The van der Waals surface area contributed by atoms with Crippen LogP contribution < -0.4 is 9.64 Å². The lowest BCUT2D eigenvalue weighted by atomic mass is 10.0. The number of rotatable bonds is 8. The van der Waals surface area contributed by atoms with Crippen LogP contribution in [0.3, 0.4) is 0 Å². The molecule has 0 radical (unpaired) electrons. The van der Waals surface area contributed by atoms with Crippen molar-refractivity contribution in [1.29, 1.82) is 0 Å². The maximum Gasteiger partial charge on any atom is 0.253 e. The first-order valence-electron chi connectivity index (χ1n) is 11.9. The van der Waals surface area contributed by atoms with Crippen LogP contribution in [-0.2, 0) is 21.4 Å². The lowest BCUT2D eigenvalue weighted by Gasteiger charge is -2.35. The molecule has 1 amide bonds. The highest BCUT2D eigenvalue weighted by Crippen LogP contribution is 2.36. The number of aromatic nitrogens is 1. The van der Waals surface area contributed by atoms with E-state index in [1.54, 1.807) is 22.4 Å². The number of nitrogens with zero attached hydrogens (tertiary/aromatic N) is 3. The van der Waals surface area contributed by atoms with Gasteiger partial charge in [0.05, 0.1) is 17.9 Å². The Bertz CT molecular complexity index is 1440. The molecule has 1 aliphatic rings. The number of fused-ring (bicyclic) bond motifs is 1. The third-order valence-corrected chi connectivity index (χ3v) is 10.5. The van der Waals surface area contributed by atoms with Gasteiger partial charge in [-0.15, -0.1) is 11.3 Å². The number of hydrogen-bond donors (Lipinski definition) is 0. The van der Waals surface area contributed by atoms with E-state index in [4.69, 9.17) is 9.72 Å². The first-order valence-corrected chi connectivity index (χ1v) is 15.1. The van der Waals surface area contributed by atoms with Gasteiger partial charge in [-0.3, -0.25) is 9.69 Å². The average molecular weight is 542 g/mol. The highest BCUT2D eigenvalue weighted by atomic mass is 32.2. The van der Waals surface area contributed by atoms with Gasteiger partial charge in [-0.05, 0) is 48.9 Å². The van der Waals surface area contributed by atoms with E-state index in [-0.39, 0.29) is 10.1 Å². The van der Waals surface area contributed by atoms with Crippen molar-refractivity contribution in [2.75, 3.05) is 18.1 Å². The van der Waals surface area contributed by atoms with Crippen molar-refractivity contribution in [2.24, 2.45) is 0 Å². The molecule has 1 saturated heterocycles. The summed E-state index contributed by atoms with van der Waals surface area (Å²) in [5, 5.41) is 2.27. The largest absolute Gasteiger partial charge is 0.492 e. The summed E-state index contributed by atoms with van der Waals surface area (Å²) in [5.41, 5.74) is 1.65. The molecule has 10 heteroatoms. The smallest absolute Gasteiger partial charge is 0.253 e. The van der Waals surface area contributed by atoms with Crippen LogP contribution in [0.15, 0.2) is 70.3 Å². The highest BCUT2D eigenvalue weighted by molar-refractivity contribution is 7.91. The minimum absolute atomic E-state index is 0.254. The van der Waals surface area contributed by atoms with Crippen molar-refractivity contribution >= 4 is 54.0 Å². The number of thiophene rings is 1. The Hall–Kier alpha value is -2.79. The first-order chi connectivity index (χ1) is 17.5. The maximum absolute atomic E-state index is 14.2. The number of hydrogen-bond acceptors (Lipinski definition) is 7. The average Bonchev–Trinajstić information content (AvgIpc) is 3.59. The summed E-state index contributed by atoms with van der Waals surface area (Å²) in [6.45, 7) is 3.05. The normalized spacial score (nSPS) is 16.8. The van der Waals surface area contributed by atoms with E-state index in [0.29, 0.717) is 42.5 Å². The van der Waals surface area contributed by atoms with E-state index >= 15 is 0 Å². The molecule has 2 aromatic heterocycles. The molecule has 0 aliphatic carbocycles. The van der Waals surface area contributed by atoms with Gasteiger partial charge in [0.2, 0.25) is 5.91 Å². The summed E-state index contributed by atoms with van der Waals surface area (Å²) in [5.74, 6) is 0.417. The van der Waals surface area contributed by atoms with Crippen molar-refractivity contribution in [1.82, 2.24) is 9.29 Å². The van der Waals surface area contributed by atoms with Gasteiger partial charge in [-0.2, -0.15) is 4.31 Å². The molecule has 0 N–H and O–H groups in total. The number of thiazole rings is 1. The second-order valence-electron chi connectivity index (χ2n) is 8.50. The van der Waals surface area contributed by atoms with Crippen LogP contribution in [0, 0.1) is 0 Å². The van der Waals surface area contributed by atoms with Gasteiger partial charge in [0.25, 0.3) is 10.0 Å². The van der Waals surface area contributed by atoms with Crippen molar-refractivity contribution in [2.45, 2.75) is 43.0 Å². The van der Waals surface area contributed by atoms with Crippen molar-refractivity contribution < 1.29 is 17.9 Å². The summed E-state index contributed by atoms with van der Waals surface area (Å²) in [4.78, 5) is 20.6. The molecule has 5 rings (SSSR count). The molecule has 2 aromatic carbocycles. The molecule has 1 atom stereocenters. The Morgan fingerprint density at radius 1 is 1.11 bits per heavy atom. The summed E-state index contributed by atoms with van der Waals surface area (Å²) < 4.78 is 35.3. The van der Waals surface area contributed by atoms with E-state index < -0.39 is 16.1 Å². The van der Waals surface area contributed by atoms with E-state index in [1.165, 1.54) is 27.0 Å². The number of piperidine rings is 1. The van der Waals surface area contributed by atoms with Gasteiger partial charge in [0.15, 0.2) is 5.13 Å². The van der Waals surface area contributed by atoms with Crippen LogP contribution in [0.4, 0.5) is 5.13 Å². The highest BCUT2D eigenvalue weighted by Gasteiger charge is 2.41. The number of carbonyl (C=O) groups is 1. The Kier molecular flexibility index (Phi) is 7.38. The molecule has 0 spiro atoms. The Morgan fingerprint density at radius 3 is 2.69 bits per heavy atom. The topological polar surface area (TPSA) is 79.8 Å². The number of benzene rings is 2. The Morgan fingerprint density at radius 2 is 1.94 bits per heavy atom. The van der Waals surface area contributed by atoms with Gasteiger partial charge in [-0.1, -0.05) is 60.2 Å². The molecule has 1 fully saturated rings. The third kappa shape index (κ3) is 4.90. The zero-order valence-corrected chi connectivity index (χ0v) is 22.3. The summed E-state index contributed by atoms with van der Waals surface area (Å²) in [6.07, 6.45) is 2.00. The van der Waals surface area contributed by atoms with E-state index in [2.05, 4.69) is 0 Å². The standard InChI is InChI=1S/C26H27N3O4S3/c1-2-33-21-13-8-14-22-24(21)27-26(35-22)28(18-19-10-4-3-5-11-19)25(30)20-12-6-7-16-29(20)36(31,32)23-15-9-17-34-23/h3-5,8-11,13-15,17,20H,2,6-7,12,16,18H2,1H3. The molecule has 36 heavy (non-hydrogen) atoms. The lowest BCUT2D eigenvalue weighted by molar-refractivity contribution is -0.123. The second kappa shape index (κ2) is 10.7. The molecule has 0 saturated carbocycles. The lowest BCUT2D eigenvalue weighted by Crippen LogP contribution is -2.52. The number of anilines is 1. The number of sulfonamides is 1. The fraction of sp³-hybridized carbons (Fsp3) is 0.308. The van der Waals surface area contributed by atoms with Gasteiger partial charge in [0, 0.05) is 6.54 Å². The molecular formula is C26H27N3O4S3. The first kappa shape index (κ1) is 24.9. The van der Waals surface area contributed by atoms with E-state index in [1.807, 2.05) is 55.5 Å². The van der Waals surface area contributed by atoms with Gasteiger partial charge in [-0.25, -0.2) is 13.4 Å². The fourth-order valence-electron chi connectivity index (χ4n) is 4.45. The van der Waals surface area contributed by atoms with Crippen molar-refractivity contribution in [3.63, 3.8) is 0 Å². The van der Waals surface area contributed by atoms with Crippen molar-refractivity contribution in [3.8, 4) is 5.75 Å². The summed E-state index contributed by atoms with van der Waals surface area (Å²) in [6, 6.07) is 18.0. The number of ether oxygens (including phenoxy) is 1. The second-order valence-corrected chi connectivity index (χ2v) is 12.6. The Labute approximate surface area is 219 Å². The van der Waals surface area contributed by atoms with Crippen LogP contribution in [-0.4, -0.2) is 42.8 Å². The predicted molar refractivity (Wildman–Crippen MR) is 144 cm³/mol. The molecule has 7 nitrogen and oxygen atoms in total. The van der Waals surface area contributed by atoms with Crippen LogP contribution in [0.25, 0.3) is 10.2 Å². The number of para-hydroxylation sites is 1. The zero-order valence-electron chi connectivity index (χ0n) is 19.9. The van der Waals surface area contributed by atoms with Crippen LogP contribution in [0.5, 0.6) is 5.75 Å². The van der Waals surface area contributed by atoms with Crippen LogP contribution >= 0.6 is 22.7 Å². The minimum Gasteiger partial charge on any atom is -0.492 e. The van der Waals surface area contributed by atoms with Gasteiger partial charge < -0.3 is 4.74 Å². The van der Waals surface area contributed by atoms with E-state index in [0.717, 1.165) is 23.1 Å². The van der Waals surface area contributed by atoms with Gasteiger partial charge in [0.1, 0.15) is 21.5 Å². The molecule has 1 unspecified atom stereocenters. The predicted octanol–water partition coefficient (Wildman–Crippen LogP) is 5.53. The quantitative estimate of drug-likeness (QED) is 0.293. The molecule has 3 heterocycles. The SMILES string of the molecule is CCOc1cccc2sc(N(Cc3ccccc3)C(=O)C3CCCCN3S(=O)(=O)c3cccs3)nc12. The number of amides is 1. The minimum atomic E-state index is -3.77. The summed E-state index contributed by atoms with van der Waals surface area (Å²) in [7, 11) is -3.77. The van der Waals surface area contributed by atoms with E-state index in [9.17, 15) is 13.2 Å². The fourth-order valence-corrected chi connectivity index (χ4v) is 8.21. The Balaban J connectivity index is 1.55. The monoisotopic (exact) mass is 541 g/mol. The molecule has 4 aromatic rings. The molecule has 0 bridgehead atoms. The maximum atomic E-state index is 14.2. The molecular weight excluding hydrogens is 515 g/mol. The molecule has 1 aliphatic heterocycles.